The van der Waals surface area contributed by atoms with Crippen LogP contribution in [0.3, 0.4) is 0 Å². The van der Waals surface area contributed by atoms with Gasteiger partial charge in [0.2, 0.25) is 6.41 Å². The Morgan fingerprint density at radius 3 is 2.79 bits per heavy atom. The van der Waals surface area contributed by atoms with Crippen molar-refractivity contribution in [3.8, 4) is 5.69 Å². The third-order valence-electron chi connectivity index (χ3n) is 5.39. The molecule has 0 bridgehead atoms. The van der Waals surface area contributed by atoms with E-state index in [1.165, 1.54) is 5.56 Å². The number of carbonyl (C=O) groups is 1. The predicted octanol–water partition coefficient (Wildman–Crippen LogP) is 2.80. The van der Waals surface area contributed by atoms with Gasteiger partial charge in [-0.15, -0.1) is 5.10 Å². The highest BCUT2D eigenvalue weighted by atomic mass is 16.5. The third-order valence-corrected chi connectivity index (χ3v) is 5.39. The van der Waals surface area contributed by atoms with Crippen LogP contribution in [0, 0.1) is 6.92 Å². The second kappa shape index (κ2) is 8.21. The molecule has 0 saturated carbocycles. The van der Waals surface area contributed by atoms with Crippen molar-refractivity contribution in [1.82, 2.24) is 19.7 Å². The molecule has 152 valence electrons. The number of morpholine rings is 1. The van der Waals surface area contributed by atoms with E-state index in [2.05, 4.69) is 41.1 Å². The highest BCUT2D eigenvalue weighted by Crippen LogP contribution is 2.29. The lowest BCUT2D eigenvalue weighted by Gasteiger charge is -2.36. The van der Waals surface area contributed by atoms with Gasteiger partial charge in [0, 0.05) is 37.3 Å². The van der Waals surface area contributed by atoms with Crippen LogP contribution in [0.2, 0.25) is 0 Å². The van der Waals surface area contributed by atoms with Gasteiger partial charge in [0.05, 0.1) is 30.1 Å². The normalized spacial score (nSPS) is 17.1. The number of amides is 1. The average Bonchev–Trinajstić information content (AvgIpc) is 3.12. The number of hydrogen-bond donors (Lipinski definition) is 0. The summed E-state index contributed by atoms with van der Waals surface area (Å²) in [6, 6.07) is 10.5. The number of rotatable bonds is 6. The van der Waals surface area contributed by atoms with E-state index in [0.717, 1.165) is 35.4 Å². The van der Waals surface area contributed by atoms with Crippen molar-refractivity contribution in [3.63, 3.8) is 0 Å². The minimum Gasteiger partial charge on any atom is -0.373 e. The van der Waals surface area contributed by atoms with Gasteiger partial charge in [0.1, 0.15) is 0 Å². The van der Waals surface area contributed by atoms with Crippen LogP contribution < -0.4 is 4.90 Å². The Balaban J connectivity index is 1.65. The summed E-state index contributed by atoms with van der Waals surface area (Å²) >= 11 is 0. The van der Waals surface area contributed by atoms with Gasteiger partial charge in [-0.2, -0.15) is 0 Å². The fraction of sp³-hybridized carbons (Fsp3) is 0.409. The summed E-state index contributed by atoms with van der Waals surface area (Å²) in [5.74, 6) is 0.929. The molecule has 1 unspecified atom stereocenters. The Labute approximate surface area is 170 Å². The second-order valence-corrected chi connectivity index (χ2v) is 7.80. The largest absolute Gasteiger partial charge is 0.373 e. The van der Waals surface area contributed by atoms with Crippen molar-refractivity contribution in [1.29, 1.82) is 0 Å². The molecule has 0 aliphatic carbocycles. The zero-order valence-corrected chi connectivity index (χ0v) is 17.2. The summed E-state index contributed by atoms with van der Waals surface area (Å²) in [4.78, 5) is 19.7. The maximum absolute atomic E-state index is 11.4. The first-order valence-electron chi connectivity index (χ1n) is 10.0. The fourth-order valence-corrected chi connectivity index (χ4v) is 3.70. The van der Waals surface area contributed by atoms with E-state index in [4.69, 9.17) is 9.84 Å². The third kappa shape index (κ3) is 3.96. The summed E-state index contributed by atoms with van der Waals surface area (Å²) in [5.41, 5.74) is 3.20. The molecule has 1 fully saturated rings. The maximum atomic E-state index is 11.4. The zero-order chi connectivity index (χ0) is 20.4. The molecule has 0 spiro atoms. The molecule has 3 aromatic rings. The lowest BCUT2D eigenvalue weighted by atomic mass is 10.2. The number of aryl methyl sites for hydroxylation is 1. The molecule has 3 heterocycles. The van der Waals surface area contributed by atoms with Gasteiger partial charge >= 0.3 is 0 Å². The monoisotopic (exact) mass is 393 g/mol. The Morgan fingerprint density at radius 2 is 2.07 bits per heavy atom. The lowest BCUT2D eigenvalue weighted by Crippen LogP contribution is -2.48. The van der Waals surface area contributed by atoms with Crippen molar-refractivity contribution >= 4 is 23.1 Å². The molecular weight excluding hydrogens is 366 g/mol. The molecule has 1 aliphatic rings. The molecule has 0 N–H and O–H groups in total. The van der Waals surface area contributed by atoms with E-state index in [9.17, 15) is 4.79 Å². The van der Waals surface area contributed by atoms with Crippen LogP contribution in [0.5, 0.6) is 0 Å². The van der Waals surface area contributed by atoms with Crippen molar-refractivity contribution in [3.05, 3.63) is 48.3 Å². The molecule has 7 nitrogen and oxygen atoms in total. The molecule has 1 aliphatic heterocycles. The fourth-order valence-electron chi connectivity index (χ4n) is 3.70. The van der Waals surface area contributed by atoms with Crippen molar-refractivity contribution in [2.45, 2.75) is 32.9 Å². The molecule has 29 heavy (non-hydrogen) atoms. The summed E-state index contributed by atoms with van der Waals surface area (Å²) in [7, 11) is 0. The molecule has 7 heteroatoms. The van der Waals surface area contributed by atoms with Crippen LogP contribution in [0.15, 0.2) is 42.7 Å². The minimum absolute atomic E-state index is 0.0437. The smallest absolute Gasteiger partial charge is 0.210 e. The van der Waals surface area contributed by atoms with E-state index in [0.29, 0.717) is 19.7 Å². The zero-order valence-electron chi connectivity index (χ0n) is 17.2. The van der Waals surface area contributed by atoms with Gasteiger partial charge in [-0.05, 0) is 39.0 Å². The van der Waals surface area contributed by atoms with E-state index < -0.39 is 0 Å². The van der Waals surface area contributed by atoms with E-state index >= 15 is 0 Å². The standard InChI is InChI=1S/C22H27N5O2/c1-16(2)26(15-28)14-19-13-25(10-11-29-19)22-20-8-9-23-12-21(20)27(24-22)18-6-4-17(3)5-7-18/h4-9,12,15-16,19H,10-11,13-14H2,1-3H3. The van der Waals surface area contributed by atoms with Crippen LogP contribution in [-0.4, -0.2) is 64.5 Å². The lowest BCUT2D eigenvalue weighted by molar-refractivity contribution is -0.122. The van der Waals surface area contributed by atoms with Crippen LogP contribution >= 0.6 is 0 Å². The molecule has 1 saturated heterocycles. The first-order valence-corrected chi connectivity index (χ1v) is 10.0. The van der Waals surface area contributed by atoms with Crippen LogP contribution in [0.25, 0.3) is 16.6 Å². The maximum Gasteiger partial charge on any atom is 0.210 e. The summed E-state index contributed by atoms with van der Waals surface area (Å²) < 4.78 is 7.89. The highest BCUT2D eigenvalue weighted by Gasteiger charge is 2.26. The number of carbonyl (C=O) groups excluding carboxylic acids is 1. The molecule has 2 aromatic heterocycles. The van der Waals surface area contributed by atoms with Crippen LogP contribution in [0.4, 0.5) is 5.82 Å². The molecule has 1 atom stereocenters. The Hall–Kier alpha value is -2.93. The number of ether oxygens (including phenoxy) is 1. The van der Waals surface area contributed by atoms with E-state index in [1.807, 2.05) is 30.8 Å². The number of anilines is 1. The molecule has 0 radical (unpaired) electrons. The quantitative estimate of drug-likeness (QED) is 0.603. The van der Waals surface area contributed by atoms with Crippen molar-refractivity contribution in [2.24, 2.45) is 0 Å². The summed E-state index contributed by atoms with van der Waals surface area (Å²) in [6.07, 6.45) is 4.52. The molecule has 4 rings (SSSR count). The molecule has 1 amide bonds. The Bertz CT molecular complexity index is 983. The first-order chi connectivity index (χ1) is 14.1. The Kier molecular flexibility index (Phi) is 5.49. The number of fused-ring (bicyclic) bond motifs is 1. The van der Waals surface area contributed by atoms with Gasteiger partial charge in [-0.1, -0.05) is 17.7 Å². The van der Waals surface area contributed by atoms with Crippen molar-refractivity contribution < 1.29 is 9.53 Å². The average molecular weight is 393 g/mol. The van der Waals surface area contributed by atoms with Crippen molar-refractivity contribution in [2.75, 3.05) is 31.1 Å². The number of hydrogen-bond acceptors (Lipinski definition) is 5. The first kappa shape index (κ1) is 19.4. The Morgan fingerprint density at radius 1 is 1.28 bits per heavy atom. The number of benzene rings is 1. The van der Waals surface area contributed by atoms with Gasteiger partial charge < -0.3 is 14.5 Å². The summed E-state index contributed by atoms with van der Waals surface area (Å²) in [5, 5.41) is 6.01. The van der Waals surface area contributed by atoms with Gasteiger partial charge in [0.25, 0.3) is 0 Å². The number of nitrogens with zero attached hydrogens (tertiary/aromatic N) is 5. The second-order valence-electron chi connectivity index (χ2n) is 7.80. The van der Waals surface area contributed by atoms with Gasteiger partial charge in [0.15, 0.2) is 5.82 Å². The minimum atomic E-state index is -0.0437. The molecule has 1 aromatic carbocycles. The van der Waals surface area contributed by atoms with Crippen LogP contribution in [0.1, 0.15) is 19.4 Å². The van der Waals surface area contributed by atoms with E-state index in [-0.39, 0.29) is 12.1 Å². The predicted molar refractivity (Wildman–Crippen MR) is 113 cm³/mol. The number of aromatic nitrogens is 3. The summed E-state index contributed by atoms with van der Waals surface area (Å²) in [6.45, 7) is 8.75. The number of pyridine rings is 1. The van der Waals surface area contributed by atoms with Crippen LogP contribution in [-0.2, 0) is 9.53 Å². The van der Waals surface area contributed by atoms with Gasteiger partial charge in [-0.3, -0.25) is 9.78 Å². The SMILES string of the molecule is Cc1ccc(-n2nc(N3CCOC(CN(C=O)C(C)C)C3)c3ccncc32)cc1. The molecular formula is C22H27N5O2. The highest BCUT2D eigenvalue weighted by molar-refractivity contribution is 5.91. The van der Waals surface area contributed by atoms with E-state index in [1.54, 1.807) is 11.1 Å². The van der Waals surface area contributed by atoms with Gasteiger partial charge in [-0.25, -0.2) is 4.68 Å². The topological polar surface area (TPSA) is 63.5 Å².